The van der Waals surface area contributed by atoms with Crippen LogP contribution in [0, 0.1) is 11.6 Å². The van der Waals surface area contributed by atoms with Crippen molar-refractivity contribution in [1.29, 1.82) is 0 Å². The quantitative estimate of drug-likeness (QED) is 0.426. The molecule has 3 N–H and O–H groups in total. The first-order valence-corrected chi connectivity index (χ1v) is 13.0. The Balaban J connectivity index is 1.61. The second-order valence-corrected chi connectivity index (χ2v) is 10.5. The lowest BCUT2D eigenvalue weighted by Crippen LogP contribution is -2.48. The van der Waals surface area contributed by atoms with Crippen molar-refractivity contribution in [2.45, 2.75) is 49.6 Å². The molecule has 38 heavy (non-hydrogen) atoms. The number of fused-ring (bicyclic) bond motifs is 2. The highest BCUT2D eigenvalue weighted by Gasteiger charge is 2.50. The fourth-order valence-corrected chi connectivity index (χ4v) is 6.53. The van der Waals surface area contributed by atoms with Crippen molar-refractivity contribution >= 4 is 17.5 Å². The molecule has 1 saturated heterocycles. The van der Waals surface area contributed by atoms with Gasteiger partial charge in [-0.15, -0.1) is 0 Å². The van der Waals surface area contributed by atoms with E-state index in [1.807, 2.05) is 30.3 Å². The lowest BCUT2D eigenvalue weighted by molar-refractivity contribution is 0.0539. The van der Waals surface area contributed by atoms with E-state index in [1.165, 1.54) is 19.2 Å². The van der Waals surface area contributed by atoms with Crippen LogP contribution in [-0.4, -0.2) is 36.8 Å². The van der Waals surface area contributed by atoms with Crippen molar-refractivity contribution < 1.29 is 27.8 Å². The molecule has 1 aliphatic carbocycles. The van der Waals surface area contributed by atoms with Crippen molar-refractivity contribution in [3.63, 3.8) is 0 Å². The molecule has 198 valence electrons. The van der Waals surface area contributed by atoms with Gasteiger partial charge in [-0.25, -0.2) is 13.2 Å². The number of nitrogens with one attached hydrogen (secondary N) is 2. The third kappa shape index (κ3) is 3.65. The molecular weight excluding hydrogens is 517 g/mol. The summed E-state index contributed by atoms with van der Waals surface area (Å²) < 4.78 is 52.9. The normalized spacial score (nSPS) is 25.7. The SMILES string of the molecule is CNC(=O)c1cc2c(c(F)c1-c1c(Cl)c(F)cc3c1C[C@](c1ccccc1)([C@@H]1CCCN1)O3)C[C@@H](O)[C@@H]2F. The zero-order chi connectivity index (χ0) is 26.8. The largest absolute Gasteiger partial charge is 0.480 e. The van der Waals surface area contributed by atoms with Crippen molar-refractivity contribution in [2.75, 3.05) is 13.6 Å². The highest BCUT2D eigenvalue weighted by Crippen LogP contribution is 2.53. The second-order valence-electron chi connectivity index (χ2n) is 10.1. The molecule has 1 amide bonds. The molecule has 3 aromatic carbocycles. The Kier molecular flexibility index (Phi) is 6.17. The number of alkyl halides is 1. The number of carbonyl (C=O) groups excluding carboxylic acids is 1. The number of carbonyl (C=O) groups is 1. The first-order valence-electron chi connectivity index (χ1n) is 12.7. The molecule has 3 aromatic rings. The molecule has 1 fully saturated rings. The summed E-state index contributed by atoms with van der Waals surface area (Å²) in [6.07, 6.45) is -1.54. The molecule has 0 aromatic heterocycles. The lowest BCUT2D eigenvalue weighted by Gasteiger charge is -2.35. The predicted molar refractivity (Wildman–Crippen MR) is 137 cm³/mol. The van der Waals surface area contributed by atoms with Gasteiger partial charge in [0.25, 0.3) is 5.91 Å². The maximum Gasteiger partial charge on any atom is 0.251 e. The van der Waals surface area contributed by atoms with E-state index in [2.05, 4.69) is 10.6 Å². The summed E-state index contributed by atoms with van der Waals surface area (Å²) in [7, 11) is 1.37. The van der Waals surface area contributed by atoms with Crippen molar-refractivity contribution in [2.24, 2.45) is 0 Å². The zero-order valence-electron chi connectivity index (χ0n) is 20.6. The molecule has 9 heteroatoms. The maximum atomic E-state index is 16.3. The van der Waals surface area contributed by atoms with Crippen LogP contribution in [0.1, 0.15) is 51.6 Å². The van der Waals surface area contributed by atoms with Gasteiger partial charge in [0.1, 0.15) is 17.4 Å². The molecule has 2 heterocycles. The van der Waals surface area contributed by atoms with Gasteiger partial charge in [0.15, 0.2) is 11.8 Å². The Morgan fingerprint density at radius 1 is 1.18 bits per heavy atom. The van der Waals surface area contributed by atoms with Crippen LogP contribution >= 0.6 is 11.6 Å². The van der Waals surface area contributed by atoms with Crippen LogP contribution in [0.4, 0.5) is 13.2 Å². The van der Waals surface area contributed by atoms with Gasteiger partial charge in [0.2, 0.25) is 0 Å². The molecule has 0 unspecified atom stereocenters. The minimum atomic E-state index is -1.84. The number of benzene rings is 3. The topological polar surface area (TPSA) is 70.6 Å². The van der Waals surface area contributed by atoms with Gasteiger partial charge in [-0.05, 0) is 42.1 Å². The van der Waals surface area contributed by atoms with Crippen LogP contribution in [0.5, 0.6) is 5.75 Å². The minimum absolute atomic E-state index is 0.00756. The monoisotopic (exact) mass is 542 g/mol. The minimum Gasteiger partial charge on any atom is -0.480 e. The highest BCUT2D eigenvalue weighted by atomic mass is 35.5. The summed E-state index contributed by atoms with van der Waals surface area (Å²) in [5, 5.41) is 15.7. The predicted octanol–water partition coefficient (Wildman–Crippen LogP) is 5.15. The summed E-state index contributed by atoms with van der Waals surface area (Å²) in [6.45, 7) is 0.800. The fraction of sp³-hybridized carbons (Fsp3) is 0.345. The first kappa shape index (κ1) is 25.2. The standard InChI is InChI=1S/C29H26ClF3N2O3/c1-34-28(37)17-10-15-16(11-20(36)26(15)32)27(33)24(17)23-18-13-29(22-8-5-9-35-22,14-6-3-2-4-7-14)38-21(18)12-19(31)25(23)30/h2-4,6-7,10,12,20,22,26,35-36H,5,8-9,11,13H2,1H3,(H,34,37)/t20-,22+,26-,29+/m1/s1. The number of hydrogen-bond donors (Lipinski definition) is 3. The molecule has 0 bridgehead atoms. The fourth-order valence-electron chi connectivity index (χ4n) is 6.26. The number of rotatable bonds is 4. The molecule has 3 aliphatic rings. The second kappa shape index (κ2) is 9.29. The van der Waals surface area contributed by atoms with Gasteiger partial charge >= 0.3 is 0 Å². The van der Waals surface area contributed by atoms with E-state index in [-0.39, 0.29) is 57.5 Å². The van der Waals surface area contributed by atoms with Gasteiger partial charge in [-0.1, -0.05) is 41.9 Å². The average molecular weight is 543 g/mol. The molecule has 2 aliphatic heterocycles. The summed E-state index contributed by atoms with van der Waals surface area (Å²) in [5.41, 5.74) is -0.113. The smallest absolute Gasteiger partial charge is 0.251 e. The maximum absolute atomic E-state index is 16.3. The number of ether oxygens (including phenoxy) is 1. The van der Waals surface area contributed by atoms with Crippen molar-refractivity contribution in [3.8, 4) is 16.9 Å². The molecule has 5 nitrogen and oxygen atoms in total. The van der Waals surface area contributed by atoms with Gasteiger partial charge in [-0.2, -0.15) is 0 Å². The van der Waals surface area contributed by atoms with E-state index in [9.17, 15) is 14.3 Å². The summed E-state index contributed by atoms with van der Waals surface area (Å²) in [4.78, 5) is 13.0. The van der Waals surface area contributed by atoms with E-state index < -0.39 is 35.4 Å². The summed E-state index contributed by atoms with van der Waals surface area (Å²) in [6, 6.07) is 11.9. The van der Waals surface area contributed by atoms with Crippen LogP contribution in [0.15, 0.2) is 42.5 Å². The molecule has 4 atom stereocenters. The van der Waals surface area contributed by atoms with E-state index in [0.717, 1.165) is 24.9 Å². The van der Waals surface area contributed by atoms with Crippen LogP contribution in [0.2, 0.25) is 5.02 Å². The summed E-state index contributed by atoms with van der Waals surface area (Å²) in [5.74, 6) is -2.19. The van der Waals surface area contributed by atoms with Crippen LogP contribution in [0.3, 0.4) is 0 Å². The van der Waals surface area contributed by atoms with Crippen LogP contribution in [0.25, 0.3) is 11.1 Å². The molecule has 0 radical (unpaired) electrons. The van der Waals surface area contributed by atoms with Crippen LogP contribution < -0.4 is 15.4 Å². The number of halogens is 4. The number of amides is 1. The number of aliphatic hydroxyl groups excluding tert-OH is 1. The molecule has 0 spiro atoms. The lowest BCUT2D eigenvalue weighted by atomic mass is 9.80. The van der Waals surface area contributed by atoms with E-state index in [4.69, 9.17) is 16.3 Å². The Morgan fingerprint density at radius 3 is 2.63 bits per heavy atom. The number of hydrogen-bond acceptors (Lipinski definition) is 4. The summed E-state index contributed by atoms with van der Waals surface area (Å²) >= 11 is 6.54. The van der Waals surface area contributed by atoms with Gasteiger partial charge < -0.3 is 20.5 Å². The molecular formula is C29H26ClF3N2O3. The van der Waals surface area contributed by atoms with Gasteiger partial charge in [-0.3, -0.25) is 4.79 Å². The van der Waals surface area contributed by atoms with Gasteiger partial charge in [0.05, 0.1) is 22.7 Å². The molecule has 0 saturated carbocycles. The van der Waals surface area contributed by atoms with E-state index >= 15 is 8.78 Å². The first-order chi connectivity index (χ1) is 18.3. The Labute approximate surface area is 223 Å². The van der Waals surface area contributed by atoms with Crippen molar-refractivity contribution in [3.05, 3.63) is 86.9 Å². The Hall–Kier alpha value is -3.07. The highest BCUT2D eigenvalue weighted by molar-refractivity contribution is 6.34. The Bertz CT molecular complexity index is 1450. The molecule has 6 rings (SSSR count). The van der Waals surface area contributed by atoms with Crippen molar-refractivity contribution in [1.82, 2.24) is 10.6 Å². The zero-order valence-corrected chi connectivity index (χ0v) is 21.3. The number of aliphatic hydroxyl groups is 1. The van der Waals surface area contributed by atoms with E-state index in [0.29, 0.717) is 5.56 Å². The third-order valence-corrected chi connectivity index (χ3v) is 8.44. The average Bonchev–Trinajstić information content (AvgIpc) is 3.65. The van der Waals surface area contributed by atoms with Gasteiger partial charge in [0, 0.05) is 42.6 Å². The Morgan fingerprint density at radius 2 is 1.95 bits per heavy atom. The van der Waals surface area contributed by atoms with E-state index in [1.54, 1.807) is 0 Å². The third-order valence-electron chi connectivity index (χ3n) is 8.08. The van der Waals surface area contributed by atoms with Crippen LogP contribution in [-0.2, 0) is 18.4 Å².